The molecule has 37 heteroatoms. The van der Waals surface area contributed by atoms with Crippen LogP contribution in [0.15, 0.2) is 0 Å². The molecule has 0 saturated carbocycles. The molecule has 0 aromatic heterocycles. The summed E-state index contributed by atoms with van der Waals surface area (Å²) in [4.78, 5) is 88.4. The Morgan fingerprint density at radius 1 is 0.383 bits per heavy atom. The predicted octanol–water partition coefficient (Wildman–Crippen LogP) is -4.37. The molecule has 0 aromatic carbocycles. The second kappa shape index (κ2) is 30.5. The van der Waals surface area contributed by atoms with Gasteiger partial charge in [0.2, 0.25) is 0 Å². The molecule has 0 rings (SSSR count). The van der Waals surface area contributed by atoms with Crippen LogP contribution in [0.3, 0.4) is 0 Å². The molecular formula is C23H51F2N5O24P6-6. The van der Waals surface area contributed by atoms with E-state index in [1.165, 1.54) is 32.2 Å². The molecule has 7 N–H and O–H groups in total. The summed E-state index contributed by atoms with van der Waals surface area (Å²) in [5, 5.41) is 7.85. The maximum absolute atomic E-state index is 12.9. The lowest BCUT2D eigenvalue weighted by molar-refractivity contribution is -0.232. The standard InChI is InChI=1S/C23H57F2N5O24P6/c1-26-4-19(9-45-55(31,32)33)11-47-57(37,38)51-15-22(7-29-24)17-53-59(41,42)49-13-21(6-28-3)14-50-60(43,44)54-18-23(8-30-25)16-52-58(39,40)48-12-20(5-27-2)10-46-56(34,35)36/h19-23,26-30H,4-18H2,1-3H3,(H,37,38)(H,39,40)(H,41,42)(H,43,44)(H2,31,32,33)(H2,34,35,36)/p-6. The molecule has 10 atom stereocenters. The van der Waals surface area contributed by atoms with Crippen LogP contribution >= 0.6 is 46.9 Å². The molecule has 0 aromatic rings. The zero-order chi connectivity index (χ0) is 46.1. The maximum atomic E-state index is 12.9. The Kier molecular flexibility index (Phi) is 30.7. The van der Waals surface area contributed by atoms with Crippen molar-refractivity contribution in [3.63, 3.8) is 0 Å². The molecule has 29 nitrogen and oxygen atoms in total. The van der Waals surface area contributed by atoms with Gasteiger partial charge in [0.25, 0.3) is 46.9 Å². The number of halogens is 2. The van der Waals surface area contributed by atoms with E-state index in [0.717, 1.165) is 0 Å². The maximum Gasteiger partial charge on any atom is 0.267 e. The summed E-state index contributed by atoms with van der Waals surface area (Å²) in [5.74, 6) is -5.51. The van der Waals surface area contributed by atoms with Crippen LogP contribution in [0.25, 0.3) is 0 Å². The van der Waals surface area contributed by atoms with E-state index in [-0.39, 0.29) is 19.6 Å². The van der Waals surface area contributed by atoms with Crippen LogP contribution in [0.2, 0.25) is 0 Å². The van der Waals surface area contributed by atoms with Crippen molar-refractivity contribution in [3.05, 3.63) is 0 Å². The van der Waals surface area contributed by atoms with E-state index in [1.807, 2.05) is 0 Å². The summed E-state index contributed by atoms with van der Waals surface area (Å²) in [5.41, 5.74) is 2.37. The molecule has 0 aliphatic carbocycles. The largest absolute Gasteiger partial charge is 0.756 e. The first-order valence-electron chi connectivity index (χ1n) is 17.1. The molecular weight excluding hydrogens is 954 g/mol. The van der Waals surface area contributed by atoms with Gasteiger partial charge in [0, 0.05) is 62.3 Å². The van der Waals surface area contributed by atoms with Gasteiger partial charge in [-0.05, 0) is 21.1 Å². The fourth-order valence-corrected chi connectivity index (χ4v) is 8.28. The normalized spacial score (nSPS) is 20.9. The molecule has 0 amide bonds. The van der Waals surface area contributed by atoms with Crippen molar-refractivity contribution in [2.24, 2.45) is 29.6 Å². The fourth-order valence-electron chi connectivity index (χ4n) is 4.04. The predicted molar refractivity (Wildman–Crippen MR) is 187 cm³/mol. The molecule has 0 aliphatic heterocycles. The van der Waals surface area contributed by atoms with Crippen molar-refractivity contribution in [3.8, 4) is 0 Å². The highest BCUT2D eigenvalue weighted by Gasteiger charge is 2.25. The van der Waals surface area contributed by atoms with Crippen molar-refractivity contribution in [1.82, 2.24) is 27.0 Å². The van der Waals surface area contributed by atoms with Gasteiger partial charge in [-0.15, -0.1) is 8.96 Å². The average molecular weight is 1010 g/mol. The Bertz CT molecular complexity index is 1370. The van der Waals surface area contributed by atoms with Gasteiger partial charge in [-0.2, -0.15) is 11.1 Å². The number of hydrogen-bond acceptors (Lipinski definition) is 27. The van der Waals surface area contributed by atoms with Gasteiger partial charge in [0.05, 0.1) is 66.1 Å². The number of rotatable bonds is 40. The summed E-state index contributed by atoms with van der Waals surface area (Å²) >= 11 is 0. The fraction of sp³-hybridized carbons (Fsp3) is 1.00. The van der Waals surface area contributed by atoms with Crippen LogP contribution in [0, 0.1) is 29.6 Å². The third-order valence-electron chi connectivity index (χ3n) is 6.90. The topological polar surface area (TPSA) is 434 Å². The first kappa shape index (κ1) is 60.3. The summed E-state index contributed by atoms with van der Waals surface area (Å²) in [6, 6.07) is 0. The Hall–Kier alpha value is 0.320. The lowest BCUT2D eigenvalue weighted by Crippen LogP contribution is -2.31. The summed E-state index contributed by atoms with van der Waals surface area (Å²) < 4.78 is 143. The Balaban J connectivity index is 5.09. The third-order valence-corrected chi connectivity index (χ3v) is 11.6. The van der Waals surface area contributed by atoms with E-state index in [9.17, 15) is 65.7 Å². The van der Waals surface area contributed by atoms with Crippen LogP contribution in [0.4, 0.5) is 8.96 Å². The Labute approximate surface area is 344 Å². The second-order valence-corrected chi connectivity index (χ2v) is 20.4. The Morgan fingerprint density at radius 3 is 0.700 bits per heavy atom. The average Bonchev–Trinajstić information content (AvgIpc) is 3.13. The smallest absolute Gasteiger partial charge is 0.267 e. The van der Waals surface area contributed by atoms with Crippen molar-refractivity contribution in [1.29, 1.82) is 0 Å². The van der Waals surface area contributed by atoms with Crippen LogP contribution in [0.5, 0.6) is 0 Å². The van der Waals surface area contributed by atoms with E-state index in [0.29, 0.717) is 0 Å². The lowest BCUT2D eigenvalue weighted by Gasteiger charge is -2.30. The molecule has 0 saturated heterocycles. The molecule has 0 fully saturated rings. The van der Waals surface area contributed by atoms with Gasteiger partial charge < -0.3 is 100 Å². The van der Waals surface area contributed by atoms with E-state index in [2.05, 4.69) is 52.1 Å². The summed E-state index contributed by atoms with van der Waals surface area (Å²) in [6.07, 6.45) is 0. The van der Waals surface area contributed by atoms with Gasteiger partial charge in [-0.1, -0.05) is 0 Å². The van der Waals surface area contributed by atoms with E-state index in [4.69, 9.17) is 18.8 Å². The number of phosphoric acid groups is 6. The van der Waals surface area contributed by atoms with Crippen LogP contribution in [-0.2, 0) is 72.6 Å². The SMILES string of the molecule is CNCC(COP(=O)([O-])O)COP(=O)([O-])OCC(CNF)COP(=O)([O-])OCC(CNC)COP(=O)([O-])OCC(CNF)COP(=O)([O-])OCC(CNC)COP(=O)([O-])O. The van der Waals surface area contributed by atoms with Gasteiger partial charge >= 0.3 is 0 Å². The Morgan fingerprint density at radius 2 is 0.550 bits per heavy atom. The number of phosphoric ester groups is 6. The van der Waals surface area contributed by atoms with E-state index < -0.39 is 156 Å². The molecule has 10 unspecified atom stereocenters. The van der Waals surface area contributed by atoms with Crippen molar-refractivity contribution in [2.45, 2.75) is 0 Å². The molecule has 60 heavy (non-hydrogen) atoms. The van der Waals surface area contributed by atoms with E-state index >= 15 is 0 Å². The van der Waals surface area contributed by atoms with Crippen molar-refractivity contribution in [2.75, 3.05) is 120 Å². The van der Waals surface area contributed by atoms with Crippen molar-refractivity contribution < 1.29 is 121 Å². The van der Waals surface area contributed by atoms with Crippen LogP contribution < -0.4 is 56.4 Å². The minimum absolute atomic E-state index is 0.0259. The van der Waals surface area contributed by atoms with Crippen molar-refractivity contribution >= 4 is 46.9 Å². The van der Waals surface area contributed by atoms with Gasteiger partial charge in [-0.25, -0.2) is 0 Å². The summed E-state index contributed by atoms with van der Waals surface area (Å²) in [7, 11) is -26.8. The summed E-state index contributed by atoms with van der Waals surface area (Å²) in [6.45, 7) is -9.42. The zero-order valence-electron chi connectivity index (χ0n) is 32.3. The molecule has 0 aliphatic rings. The van der Waals surface area contributed by atoms with Gasteiger partial charge in [0.15, 0.2) is 0 Å². The number of hydrogen-bond donors (Lipinski definition) is 7. The minimum atomic E-state index is -5.26. The van der Waals surface area contributed by atoms with Crippen LogP contribution in [0.1, 0.15) is 0 Å². The molecule has 0 spiro atoms. The highest BCUT2D eigenvalue weighted by Crippen LogP contribution is 2.44. The van der Waals surface area contributed by atoms with Crippen LogP contribution in [-0.4, -0.2) is 130 Å². The zero-order valence-corrected chi connectivity index (χ0v) is 37.7. The lowest BCUT2D eigenvalue weighted by atomic mass is 10.2. The highest BCUT2D eigenvalue weighted by molar-refractivity contribution is 7.46. The first-order chi connectivity index (χ1) is 27.7. The monoisotopic (exact) mass is 1010 g/mol. The first-order valence-corrected chi connectivity index (χ1v) is 25.9. The highest BCUT2D eigenvalue weighted by atomic mass is 31.2. The minimum Gasteiger partial charge on any atom is -0.756 e. The molecule has 0 heterocycles. The van der Waals surface area contributed by atoms with Gasteiger partial charge in [0.1, 0.15) is 0 Å². The second-order valence-electron chi connectivity index (χ2n) is 12.4. The molecule has 362 valence electrons. The molecule has 0 radical (unpaired) electrons. The van der Waals surface area contributed by atoms with E-state index in [1.54, 1.807) is 0 Å². The third kappa shape index (κ3) is 33.8. The van der Waals surface area contributed by atoms with Gasteiger partial charge in [-0.3, -0.25) is 27.4 Å². The quantitative estimate of drug-likeness (QED) is 0.0225. The molecule has 0 bridgehead atoms. The number of nitrogens with one attached hydrogen (secondary N) is 5.